The van der Waals surface area contributed by atoms with Gasteiger partial charge < -0.3 is 5.32 Å². The zero-order chi connectivity index (χ0) is 18.2. The lowest BCUT2D eigenvalue weighted by atomic mass is 10.2. The number of benzene rings is 2. The van der Waals surface area contributed by atoms with Crippen LogP contribution in [0.25, 0.3) is 0 Å². The first kappa shape index (κ1) is 17.3. The third-order valence-electron chi connectivity index (χ3n) is 4.03. The maximum Gasteiger partial charge on any atom is 0.289 e. The number of nitrogens with one attached hydrogen (secondary N) is 1. The number of halogens is 1. The Balaban J connectivity index is 2.20. The van der Waals surface area contributed by atoms with E-state index in [1.807, 2.05) is 0 Å². The van der Waals surface area contributed by atoms with Crippen LogP contribution in [0.1, 0.15) is 12.5 Å². The van der Waals surface area contributed by atoms with Crippen LogP contribution in [0.15, 0.2) is 47.4 Å². The Hall–Kier alpha value is -2.52. The highest BCUT2D eigenvalue weighted by atomic mass is 32.2. The molecule has 1 unspecified atom stereocenters. The molecule has 3 rings (SSSR count). The van der Waals surface area contributed by atoms with Crippen LogP contribution < -0.4 is 9.62 Å². The maximum absolute atomic E-state index is 13.7. The highest BCUT2D eigenvalue weighted by molar-refractivity contribution is 7.93. The largest absolute Gasteiger partial charge is 0.308 e. The van der Waals surface area contributed by atoms with Crippen molar-refractivity contribution < 1.29 is 17.7 Å². The molecule has 7 nitrogen and oxygen atoms in total. The van der Waals surface area contributed by atoms with Gasteiger partial charge in [0, 0.05) is 25.2 Å². The summed E-state index contributed by atoms with van der Waals surface area (Å²) in [6.07, 6.45) is 0. The van der Waals surface area contributed by atoms with Gasteiger partial charge in [0.15, 0.2) is 4.90 Å². The van der Waals surface area contributed by atoms with E-state index in [9.17, 15) is 22.9 Å². The van der Waals surface area contributed by atoms with Crippen LogP contribution in [0.3, 0.4) is 0 Å². The molecule has 0 bridgehead atoms. The number of rotatable bonds is 3. The minimum atomic E-state index is -4.24. The van der Waals surface area contributed by atoms with Gasteiger partial charge in [0.25, 0.3) is 15.7 Å². The Labute approximate surface area is 144 Å². The second kappa shape index (κ2) is 6.41. The molecular weight excluding hydrogens is 349 g/mol. The zero-order valence-electron chi connectivity index (χ0n) is 13.3. The monoisotopic (exact) mass is 365 g/mol. The minimum absolute atomic E-state index is 0.0326. The fourth-order valence-electron chi connectivity index (χ4n) is 2.79. The average Bonchev–Trinajstić information content (AvgIpc) is 2.74. The van der Waals surface area contributed by atoms with E-state index >= 15 is 0 Å². The van der Waals surface area contributed by atoms with Gasteiger partial charge in [-0.05, 0) is 30.7 Å². The maximum atomic E-state index is 13.7. The number of para-hydroxylation sites is 1. The lowest BCUT2D eigenvalue weighted by Gasteiger charge is -2.25. The predicted octanol–water partition coefficient (Wildman–Crippen LogP) is 2.42. The Morgan fingerprint density at radius 1 is 1.28 bits per heavy atom. The van der Waals surface area contributed by atoms with Crippen molar-refractivity contribution in [2.75, 3.05) is 10.8 Å². The summed E-state index contributed by atoms with van der Waals surface area (Å²) in [5.41, 5.74) is 0.285. The average molecular weight is 365 g/mol. The highest BCUT2D eigenvalue weighted by Crippen LogP contribution is 2.33. The van der Waals surface area contributed by atoms with Crippen LogP contribution in [0, 0.1) is 15.9 Å². The van der Waals surface area contributed by atoms with E-state index < -0.39 is 31.3 Å². The molecule has 1 aliphatic rings. The molecule has 1 N–H and O–H groups in total. The summed E-state index contributed by atoms with van der Waals surface area (Å²) >= 11 is 0. The molecule has 0 aromatic heterocycles. The smallest absolute Gasteiger partial charge is 0.289 e. The summed E-state index contributed by atoms with van der Waals surface area (Å²) < 4.78 is 41.1. The van der Waals surface area contributed by atoms with Gasteiger partial charge in [-0.3, -0.25) is 14.4 Å². The summed E-state index contributed by atoms with van der Waals surface area (Å²) in [4.78, 5) is 10.1. The lowest BCUT2D eigenvalue weighted by Crippen LogP contribution is -2.39. The van der Waals surface area contributed by atoms with Crippen LogP contribution in [0.5, 0.6) is 0 Å². The molecule has 0 saturated carbocycles. The van der Waals surface area contributed by atoms with Crippen LogP contribution in [-0.4, -0.2) is 25.9 Å². The van der Waals surface area contributed by atoms with Crippen molar-refractivity contribution in [1.82, 2.24) is 5.32 Å². The fourth-order valence-corrected chi connectivity index (χ4v) is 4.53. The van der Waals surface area contributed by atoms with Crippen LogP contribution >= 0.6 is 0 Å². The van der Waals surface area contributed by atoms with Crippen molar-refractivity contribution in [3.8, 4) is 0 Å². The molecule has 0 aliphatic carbocycles. The number of hydrogen-bond donors (Lipinski definition) is 1. The molecule has 0 spiro atoms. The molecule has 9 heteroatoms. The van der Waals surface area contributed by atoms with Crippen molar-refractivity contribution in [3.63, 3.8) is 0 Å². The second-order valence-corrected chi connectivity index (χ2v) is 7.65. The SMILES string of the molecule is CC1CN(S(=O)(=O)c2ccccc2[N+](=O)[O-])c2cc(F)ccc2CN1. The number of sulfonamides is 1. The number of nitrogens with zero attached hydrogens (tertiary/aromatic N) is 2. The van der Waals surface area contributed by atoms with E-state index in [4.69, 9.17) is 0 Å². The standard InChI is InChI=1S/C16H16FN3O4S/c1-11-10-19(15-8-13(17)7-6-12(15)9-18-11)25(23,24)16-5-3-2-4-14(16)20(21)22/h2-8,11,18H,9-10H2,1H3. The summed E-state index contributed by atoms with van der Waals surface area (Å²) in [6, 6.07) is 8.84. The van der Waals surface area contributed by atoms with E-state index in [-0.39, 0.29) is 18.3 Å². The van der Waals surface area contributed by atoms with Gasteiger partial charge in [0.2, 0.25) is 0 Å². The molecule has 0 amide bonds. The third kappa shape index (κ3) is 3.20. The highest BCUT2D eigenvalue weighted by Gasteiger charge is 2.34. The number of nitro groups is 1. The van der Waals surface area contributed by atoms with Crippen molar-refractivity contribution in [2.45, 2.75) is 24.4 Å². The van der Waals surface area contributed by atoms with E-state index in [1.165, 1.54) is 30.3 Å². The van der Waals surface area contributed by atoms with Gasteiger partial charge in [-0.25, -0.2) is 12.8 Å². The Morgan fingerprint density at radius 3 is 2.72 bits per heavy atom. The van der Waals surface area contributed by atoms with E-state index in [1.54, 1.807) is 6.92 Å². The van der Waals surface area contributed by atoms with Crippen molar-refractivity contribution in [1.29, 1.82) is 0 Å². The van der Waals surface area contributed by atoms with E-state index in [2.05, 4.69) is 5.32 Å². The zero-order valence-corrected chi connectivity index (χ0v) is 14.2. The predicted molar refractivity (Wildman–Crippen MR) is 90.3 cm³/mol. The molecule has 0 fully saturated rings. The number of fused-ring (bicyclic) bond motifs is 1. The van der Waals surface area contributed by atoms with Gasteiger partial charge in [0.05, 0.1) is 10.6 Å². The van der Waals surface area contributed by atoms with Crippen molar-refractivity contribution >= 4 is 21.4 Å². The molecule has 2 aromatic rings. The topological polar surface area (TPSA) is 92.5 Å². The summed E-state index contributed by atoms with van der Waals surface area (Å²) in [6.45, 7) is 2.20. The number of hydrogen-bond acceptors (Lipinski definition) is 5. The molecular formula is C16H16FN3O4S. The first-order valence-corrected chi connectivity index (χ1v) is 9.02. The van der Waals surface area contributed by atoms with E-state index in [0.29, 0.717) is 12.1 Å². The quantitative estimate of drug-likeness (QED) is 0.666. The molecule has 1 heterocycles. The second-order valence-electron chi connectivity index (χ2n) is 5.82. The number of nitro benzene ring substituents is 1. The van der Waals surface area contributed by atoms with Gasteiger partial charge >= 0.3 is 0 Å². The van der Waals surface area contributed by atoms with Crippen LogP contribution in [0.2, 0.25) is 0 Å². The lowest BCUT2D eigenvalue weighted by molar-refractivity contribution is -0.387. The van der Waals surface area contributed by atoms with Crippen molar-refractivity contribution in [3.05, 3.63) is 64.0 Å². The van der Waals surface area contributed by atoms with Gasteiger partial charge in [-0.1, -0.05) is 18.2 Å². The first-order valence-electron chi connectivity index (χ1n) is 7.58. The first-order chi connectivity index (χ1) is 11.8. The van der Waals surface area contributed by atoms with Crippen molar-refractivity contribution in [2.24, 2.45) is 0 Å². The normalized spacial score (nSPS) is 17.7. The molecule has 0 saturated heterocycles. The fraction of sp³-hybridized carbons (Fsp3) is 0.250. The molecule has 25 heavy (non-hydrogen) atoms. The Kier molecular flexibility index (Phi) is 4.44. The molecule has 2 aromatic carbocycles. The third-order valence-corrected chi connectivity index (χ3v) is 5.85. The van der Waals surface area contributed by atoms with E-state index in [0.717, 1.165) is 16.4 Å². The number of anilines is 1. The minimum Gasteiger partial charge on any atom is -0.308 e. The Morgan fingerprint density at radius 2 is 2.00 bits per heavy atom. The van der Waals surface area contributed by atoms with Gasteiger partial charge in [-0.2, -0.15) is 0 Å². The summed E-state index contributed by atoms with van der Waals surface area (Å²) in [5, 5.41) is 14.4. The Bertz CT molecular complexity index is 933. The van der Waals surface area contributed by atoms with Crippen LogP contribution in [0.4, 0.5) is 15.8 Å². The molecule has 132 valence electrons. The van der Waals surface area contributed by atoms with Crippen LogP contribution in [-0.2, 0) is 16.6 Å². The summed E-state index contributed by atoms with van der Waals surface area (Å²) in [5.74, 6) is -0.573. The van der Waals surface area contributed by atoms with Gasteiger partial charge in [-0.15, -0.1) is 0 Å². The molecule has 1 aliphatic heterocycles. The molecule has 0 radical (unpaired) electrons. The van der Waals surface area contributed by atoms with Gasteiger partial charge in [0.1, 0.15) is 5.82 Å². The summed E-state index contributed by atoms with van der Waals surface area (Å²) in [7, 11) is -4.24. The molecule has 1 atom stereocenters.